The highest BCUT2D eigenvalue weighted by molar-refractivity contribution is 5.96. The molecule has 1 aliphatic heterocycles. The maximum atomic E-state index is 6.98. The number of nitrogens with zero attached hydrogens (tertiary/aromatic N) is 4. The van der Waals surface area contributed by atoms with Crippen molar-refractivity contribution in [2.45, 2.75) is 364 Å². The summed E-state index contributed by atoms with van der Waals surface area (Å²) in [5, 5.41) is 0. The number of aromatic amines is 2. The van der Waals surface area contributed by atoms with Crippen molar-refractivity contribution >= 4 is 47.6 Å². The van der Waals surface area contributed by atoms with Gasteiger partial charge in [0, 0.05) is 24.3 Å². The fourth-order valence-electron chi connectivity index (χ4n) is 12.9. The Balaban J connectivity index is 1.82. The summed E-state index contributed by atoms with van der Waals surface area (Å²) in [6, 6.07) is 8.05. The van der Waals surface area contributed by atoms with Crippen LogP contribution in [-0.4, -0.2) is 87.7 Å². The van der Waals surface area contributed by atoms with Crippen molar-refractivity contribution in [1.82, 2.24) is 9.97 Å². The molecular weight excluding hydrogens is 1270 g/mol. The van der Waals surface area contributed by atoms with Crippen LogP contribution in [0.25, 0.3) is 0 Å². The summed E-state index contributed by atoms with van der Waals surface area (Å²) >= 11 is 0. The van der Waals surface area contributed by atoms with Gasteiger partial charge < -0.3 is 47.9 Å². The number of hydrogen-bond acceptors (Lipinski definition) is 12. The van der Waals surface area contributed by atoms with E-state index in [0.29, 0.717) is 144 Å². The highest BCUT2D eigenvalue weighted by Gasteiger charge is 2.24. The molecule has 2 aromatic carbocycles. The van der Waals surface area contributed by atoms with E-state index in [2.05, 4.69) is 65.4 Å². The molecule has 0 amide bonds. The Morgan fingerprint density at radius 3 is 0.510 bits per heavy atom. The van der Waals surface area contributed by atoms with E-state index in [1.165, 1.54) is 205 Å². The normalized spacial score (nSPS) is 12.0. The maximum Gasteiger partial charge on any atom is 0.188 e. The van der Waals surface area contributed by atoms with Gasteiger partial charge in [0.05, 0.1) is 100 Å². The molecule has 14 nitrogen and oxygen atoms in total. The largest absolute Gasteiger partial charge is 0.490 e. The zero-order valence-electron chi connectivity index (χ0n) is 66.3. The highest BCUT2D eigenvalue weighted by atomic mass is 16.5. The van der Waals surface area contributed by atoms with E-state index in [0.717, 1.165) is 103 Å². The molecule has 0 unspecified atom stereocenters. The molecule has 0 aliphatic carbocycles. The van der Waals surface area contributed by atoms with Crippen LogP contribution in [0.2, 0.25) is 0 Å². The van der Waals surface area contributed by atoms with Crippen molar-refractivity contribution in [1.29, 1.82) is 0 Å². The van der Waals surface area contributed by atoms with Gasteiger partial charge in [0.15, 0.2) is 46.0 Å². The summed E-state index contributed by atoms with van der Waals surface area (Å²) in [7, 11) is 0. The SMILES string of the molecule is CCCCCCCCOc1cc2c(cc1OCCCCCCCC)N=Cc1[nH]c(c(OCCCCCCCC)c1OCCCCCCCC)C=Nc1cc(OCCCCCCCC)c(OCCCCCCCC)cc1N=Cc1[nH]c(c(OCCCCCCCC)c1OCCCCCCCC)C=N2. The van der Waals surface area contributed by atoms with Crippen LogP contribution in [0.3, 0.4) is 0 Å². The molecule has 2 N–H and O–H groups in total. The third-order valence-corrected chi connectivity index (χ3v) is 19.3. The van der Waals surface area contributed by atoms with E-state index in [-0.39, 0.29) is 0 Å². The van der Waals surface area contributed by atoms with Gasteiger partial charge in [-0.15, -0.1) is 0 Å². The standard InChI is InChI=1S/C88H146N6O8/c1-9-17-25-33-41-49-57-95-81-65-73-74(66-82(81)96-58-50-42-34-26-18-10-2)90-70-78-86(100-62-54-46-38-30-22-14-6)88(102-64-56-48-40-32-24-16-8)80(94-78)72-92-76-68-84(98-60-52-44-36-28-20-12-4)83(97-59-51-43-35-27-19-11-3)67-75(76)91-71-79-87(101-63-55-47-39-31-23-15-7)85(77(93-79)69-89-73)99-61-53-45-37-29-21-13-5/h65-72,93-94H,9-64H2,1-8H3. The molecule has 0 spiro atoms. The molecule has 576 valence electrons. The molecule has 14 heteroatoms. The summed E-state index contributed by atoms with van der Waals surface area (Å²) in [4.78, 5) is 29.2. The van der Waals surface area contributed by atoms with E-state index in [1.54, 1.807) is 0 Å². The highest BCUT2D eigenvalue weighted by Crippen LogP contribution is 2.45. The van der Waals surface area contributed by atoms with Gasteiger partial charge in [-0.1, -0.05) is 312 Å². The van der Waals surface area contributed by atoms with Gasteiger partial charge in [-0.25, -0.2) is 0 Å². The first kappa shape index (κ1) is 86.7. The number of H-pyrrole nitrogens is 2. The van der Waals surface area contributed by atoms with Crippen molar-refractivity contribution in [2.75, 3.05) is 52.9 Å². The summed E-state index contributed by atoms with van der Waals surface area (Å²) < 4.78 is 55.1. The zero-order valence-corrected chi connectivity index (χ0v) is 66.3. The number of hydrogen-bond donors (Lipinski definition) is 2. The van der Waals surface area contributed by atoms with E-state index in [4.69, 9.17) is 57.9 Å². The average Bonchev–Trinajstić information content (AvgIpc) is 1.69. The molecular formula is C88H146N6O8. The lowest BCUT2D eigenvalue weighted by Gasteiger charge is -2.15. The number of ether oxygens (including phenoxy) is 8. The van der Waals surface area contributed by atoms with Crippen LogP contribution >= 0.6 is 0 Å². The first-order valence-electron chi connectivity index (χ1n) is 42.5. The van der Waals surface area contributed by atoms with Crippen LogP contribution in [0.15, 0.2) is 44.2 Å². The lowest BCUT2D eigenvalue weighted by molar-refractivity contribution is 0.258. The van der Waals surface area contributed by atoms with Crippen molar-refractivity contribution in [3.05, 3.63) is 47.0 Å². The molecule has 102 heavy (non-hydrogen) atoms. The average molecular weight is 1420 g/mol. The minimum atomic E-state index is 0.523. The van der Waals surface area contributed by atoms with Gasteiger partial charge in [0.2, 0.25) is 0 Å². The van der Waals surface area contributed by atoms with Crippen LogP contribution in [-0.2, 0) is 0 Å². The van der Waals surface area contributed by atoms with Gasteiger partial charge in [-0.2, -0.15) is 0 Å². The molecule has 0 radical (unpaired) electrons. The van der Waals surface area contributed by atoms with Gasteiger partial charge in [0.1, 0.15) is 22.8 Å². The second-order valence-electron chi connectivity index (χ2n) is 28.8. The number of benzene rings is 2. The fraction of sp³-hybridized carbons (Fsp3) is 0.727. The molecule has 3 heterocycles. The van der Waals surface area contributed by atoms with Crippen molar-refractivity contribution < 1.29 is 37.9 Å². The van der Waals surface area contributed by atoms with E-state index >= 15 is 0 Å². The summed E-state index contributed by atoms with van der Waals surface area (Å²) in [5.74, 6) is 5.06. The number of unbranched alkanes of at least 4 members (excludes halogenated alkanes) is 40. The monoisotopic (exact) mass is 1420 g/mol. The number of nitrogens with one attached hydrogen (secondary N) is 2. The van der Waals surface area contributed by atoms with E-state index in [9.17, 15) is 0 Å². The van der Waals surface area contributed by atoms with Gasteiger partial charge in [0.25, 0.3) is 0 Å². The number of fused-ring (bicyclic) bond motifs is 6. The molecule has 0 saturated heterocycles. The van der Waals surface area contributed by atoms with Crippen LogP contribution in [0.4, 0.5) is 22.7 Å². The van der Waals surface area contributed by atoms with Gasteiger partial charge in [-0.05, 0) is 51.4 Å². The van der Waals surface area contributed by atoms with E-state index in [1.807, 2.05) is 49.1 Å². The Hall–Kier alpha value is -5.92. The minimum Gasteiger partial charge on any atom is -0.490 e. The Kier molecular flexibility index (Phi) is 49.6. The fourth-order valence-corrected chi connectivity index (χ4v) is 12.9. The molecule has 0 atom stereocenters. The topological polar surface area (TPSA) is 155 Å². The molecule has 0 saturated carbocycles. The smallest absolute Gasteiger partial charge is 0.188 e. The van der Waals surface area contributed by atoms with Gasteiger partial charge >= 0.3 is 0 Å². The lowest BCUT2D eigenvalue weighted by atomic mass is 10.1. The summed E-state index contributed by atoms with van der Waals surface area (Å²) in [6.07, 6.45) is 62.6. The third kappa shape index (κ3) is 36.2. The summed E-state index contributed by atoms with van der Waals surface area (Å²) in [5.41, 5.74) is 5.11. The lowest BCUT2D eigenvalue weighted by Crippen LogP contribution is -2.04. The minimum absolute atomic E-state index is 0.523. The molecule has 1 aliphatic rings. The Morgan fingerprint density at radius 2 is 0.343 bits per heavy atom. The predicted octanol–water partition coefficient (Wildman–Crippen LogP) is 27.6. The molecule has 5 rings (SSSR count). The van der Waals surface area contributed by atoms with Crippen LogP contribution < -0.4 is 37.9 Å². The Labute approximate surface area is 621 Å². The van der Waals surface area contributed by atoms with Gasteiger partial charge in [-0.3, -0.25) is 20.0 Å². The predicted molar refractivity (Wildman–Crippen MR) is 434 cm³/mol. The van der Waals surface area contributed by atoms with Crippen LogP contribution in [0, 0.1) is 0 Å². The van der Waals surface area contributed by atoms with E-state index < -0.39 is 0 Å². The van der Waals surface area contributed by atoms with Crippen LogP contribution in [0.5, 0.6) is 46.0 Å². The van der Waals surface area contributed by atoms with Crippen molar-refractivity contribution in [3.8, 4) is 46.0 Å². The number of rotatable bonds is 64. The quantitative estimate of drug-likeness (QED) is 0.0365. The molecule has 4 bridgehead atoms. The molecule has 4 aromatic rings. The second kappa shape index (κ2) is 58.4. The van der Waals surface area contributed by atoms with Crippen molar-refractivity contribution in [3.63, 3.8) is 0 Å². The zero-order chi connectivity index (χ0) is 72.4. The number of aromatic nitrogens is 2. The third-order valence-electron chi connectivity index (χ3n) is 19.3. The first-order valence-corrected chi connectivity index (χ1v) is 42.5. The van der Waals surface area contributed by atoms with Crippen LogP contribution in [0.1, 0.15) is 386 Å². The molecule has 2 aromatic heterocycles. The molecule has 0 fully saturated rings. The Morgan fingerprint density at radius 1 is 0.196 bits per heavy atom. The second-order valence-corrected chi connectivity index (χ2v) is 28.8. The Bertz CT molecular complexity index is 2480. The maximum absolute atomic E-state index is 6.98. The first-order chi connectivity index (χ1) is 50.4. The summed E-state index contributed by atoms with van der Waals surface area (Å²) in [6.45, 7) is 22.5. The number of aliphatic imine (C=N–C) groups is 4. The van der Waals surface area contributed by atoms with Crippen molar-refractivity contribution in [2.24, 2.45) is 20.0 Å².